The number of H-pyrrole nitrogens is 1. The van der Waals surface area contributed by atoms with Gasteiger partial charge < -0.3 is 14.8 Å². The smallest absolute Gasteiger partial charge is 0.417 e. The molecule has 0 amide bonds. The maximum atomic E-state index is 11.0. The van der Waals surface area contributed by atoms with Gasteiger partial charge in [-0.2, -0.15) is 0 Å². The minimum atomic E-state index is -0.771. The maximum absolute atomic E-state index is 11.0. The SMILES string of the molecule is O=C(O)CCCCNc1ccc2oc(=O)[nH]c2c1. The van der Waals surface area contributed by atoms with Crippen molar-refractivity contribution in [3.05, 3.63) is 28.7 Å². The van der Waals surface area contributed by atoms with E-state index in [1.54, 1.807) is 12.1 Å². The number of fused-ring (bicyclic) bond motifs is 1. The van der Waals surface area contributed by atoms with Gasteiger partial charge >= 0.3 is 11.7 Å². The fourth-order valence-electron chi connectivity index (χ4n) is 1.70. The second-order valence-electron chi connectivity index (χ2n) is 4.00. The van der Waals surface area contributed by atoms with Crippen LogP contribution in [0.1, 0.15) is 19.3 Å². The minimum Gasteiger partial charge on any atom is -0.481 e. The summed E-state index contributed by atoms with van der Waals surface area (Å²) in [4.78, 5) is 23.9. The van der Waals surface area contributed by atoms with E-state index in [4.69, 9.17) is 9.52 Å². The zero-order valence-electron chi connectivity index (χ0n) is 9.73. The first-order chi connectivity index (χ1) is 8.65. The standard InChI is InChI=1S/C12H14N2O4/c15-11(16)3-1-2-6-13-8-4-5-10-9(7-8)14-12(17)18-10/h4-5,7,13H,1-3,6H2,(H,14,17)(H,15,16). The summed E-state index contributed by atoms with van der Waals surface area (Å²) in [6.07, 6.45) is 1.62. The van der Waals surface area contributed by atoms with Crippen LogP contribution < -0.4 is 11.1 Å². The normalized spacial score (nSPS) is 10.7. The third-order valence-electron chi connectivity index (χ3n) is 2.57. The van der Waals surface area contributed by atoms with Gasteiger partial charge in [-0.15, -0.1) is 0 Å². The Hall–Kier alpha value is -2.24. The monoisotopic (exact) mass is 250 g/mol. The van der Waals surface area contributed by atoms with Crippen molar-refractivity contribution in [2.24, 2.45) is 0 Å². The molecule has 0 unspecified atom stereocenters. The summed E-state index contributed by atoms with van der Waals surface area (Å²) in [6, 6.07) is 5.32. The number of benzene rings is 1. The van der Waals surface area contributed by atoms with Crippen molar-refractivity contribution in [2.45, 2.75) is 19.3 Å². The lowest BCUT2D eigenvalue weighted by atomic mass is 10.2. The summed E-state index contributed by atoms with van der Waals surface area (Å²) < 4.78 is 4.89. The van der Waals surface area contributed by atoms with E-state index >= 15 is 0 Å². The molecule has 18 heavy (non-hydrogen) atoms. The van der Waals surface area contributed by atoms with Gasteiger partial charge in [0.2, 0.25) is 0 Å². The lowest BCUT2D eigenvalue weighted by Crippen LogP contribution is -2.03. The highest BCUT2D eigenvalue weighted by Gasteiger charge is 2.01. The summed E-state index contributed by atoms with van der Waals surface area (Å²) >= 11 is 0. The second-order valence-corrected chi connectivity index (χ2v) is 4.00. The predicted octanol–water partition coefficient (Wildman–Crippen LogP) is 1.79. The number of rotatable bonds is 6. The van der Waals surface area contributed by atoms with E-state index in [1.807, 2.05) is 6.07 Å². The number of oxazole rings is 1. The zero-order chi connectivity index (χ0) is 13.0. The molecule has 0 atom stereocenters. The molecular formula is C12H14N2O4. The van der Waals surface area contributed by atoms with Gasteiger partial charge in [-0.1, -0.05) is 0 Å². The molecule has 1 heterocycles. The van der Waals surface area contributed by atoms with Crippen molar-refractivity contribution in [3.63, 3.8) is 0 Å². The molecule has 0 spiro atoms. The average molecular weight is 250 g/mol. The van der Waals surface area contributed by atoms with Crippen molar-refractivity contribution in [2.75, 3.05) is 11.9 Å². The van der Waals surface area contributed by atoms with Crippen molar-refractivity contribution < 1.29 is 14.3 Å². The van der Waals surface area contributed by atoms with Crippen molar-refractivity contribution >= 4 is 22.8 Å². The van der Waals surface area contributed by atoms with Crippen molar-refractivity contribution in [1.82, 2.24) is 4.98 Å². The van der Waals surface area contributed by atoms with Crippen LogP contribution in [0.3, 0.4) is 0 Å². The second kappa shape index (κ2) is 5.39. The lowest BCUT2D eigenvalue weighted by Gasteiger charge is -2.05. The van der Waals surface area contributed by atoms with Crippen LogP contribution in [0.2, 0.25) is 0 Å². The van der Waals surface area contributed by atoms with Crippen LogP contribution in [0, 0.1) is 0 Å². The van der Waals surface area contributed by atoms with Gasteiger partial charge in [0.25, 0.3) is 0 Å². The minimum absolute atomic E-state index is 0.190. The molecule has 6 heteroatoms. The third kappa shape index (κ3) is 3.13. The number of aromatic amines is 1. The summed E-state index contributed by atoms with van der Waals surface area (Å²) in [6.45, 7) is 0.695. The highest BCUT2D eigenvalue weighted by atomic mass is 16.4. The third-order valence-corrected chi connectivity index (χ3v) is 2.57. The quantitative estimate of drug-likeness (QED) is 0.679. The van der Waals surface area contributed by atoms with E-state index in [-0.39, 0.29) is 6.42 Å². The van der Waals surface area contributed by atoms with Crippen LogP contribution in [0.4, 0.5) is 5.69 Å². The molecule has 96 valence electrons. The molecule has 0 radical (unpaired) electrons. The molecule has 2 aromatic rings. The van der Waals surface area contributed by atoms with Crippen molar-refractivity contribution in [3.8, 4) is 0 Å². The Morgan fingerprint density at radius 3 is 3.00 bits per heavy atom. The van der Waals surface area contributed by atoms with E-state index in [9.17, 15) is 9.59 Å². The molecule has 0 fully saturated rings. The van der Waals surface area contributed by atoms with Crippen LogP contribution in [0.25, 0.3) is 11.1 Å². The summed E-state index contributed by atoms with van der Waals surface area (Å²) in [7, 11) is 0. The zero-order valence-corrected chi connectivity index (χ0v) is 9.73. The molecule has 2 rings (SSSR count). The highest BCUT2D eigenvalue weighted by Crippen LogP contribution is 2.16. The number of aliphatic carboxylic acids is 1. The topological polar surface area (TPSA) is 95.3 Å². The molecular weight excluding hydrogens is 236 g/mol. The van der Waals surface area contributed by atoms with Crippen LogP contribution in [0.15, 0.2) is 27.4 Å². The van der Waals surface area contributed by atoms with E-state index in [2.05, 4.69) is 10.3 Å². The summed E-state index contributed by atoms with van der Waals surface area (Å²) in [5, 5.41) is 11.6. The van der Waals surface area contributed by atoms with Crippen molar-refractivity contribution in [1.29, 1.82) is 0 Å². The predicted molar refractivity (Wildman–Crippen MR) is 66.8 cm³/mol. The number of anilines is 1. The number of aromatic nitrogens is 1. The molecule has 1 aromatic heterocycles. The number of hydrogen-bond donors (Lipinski definition) is 3. The molecule has 0 aliphatic heterocycles. The fourth-order valence-corrected chi connectivity index (χ4v) is 1.70. The molecule has 6 nitrogen and oxygen atoms in total. The Bertz CT molecular complexity index is 599. The number of nitrogens with one attached hydrogen (secondary N) is 2. The van der Waals surface area contributed by atoms with E-state index in [1.165, 1.54) is 0 Å². The van der Waals surface area contributed by atoms with Gasteiger partial charge in [0.05, 0.1) is 5.52 Å². The van der Waals surface area contributed by atoms with Gasteiger partial charge in [-0.05, 0) is 31.0 Å². The van der Waals surface area contributed by atoms with Gasteiger partial charge in [0, 0.05) is 18.7 Å². The Morgan fingerprint density at radius 2 is 2.22 bits per heavy atom. The molecule has 0 bridgehead atoms. The Balaban J connectivity index is 1.87. The van der Waals surface area contributed by atoms with Crippen LogP contribution in [-0.4, -0.2) is 22.6 Å². The molecule has 0 aliphatic carbocycles. The van der Waals surface area contributed by atoms with E-state index in [0.717, 1.165) is 12.1 Å². The molecule has 1 aromatic carbocycles. The molecule has 3 N–H and O–H groups in total. The number of carbonyl (C=O) groups is 1. The first kappa shape index (κ1) is 12.2. The summed E-state index contributed by atoms with van der Waals surface area (Å²) in [5.41, 5.74) is 2.04. The molecule has 0 saturated carbocycles. The van der Waals surface area contributed by atoms with Crippen LogP contribution in [-0.2, 0) is 4.79 Å². The number of carboxylic acids is 1. The largest absolute Gasteiger partial charge is 0.481 e. The average Bonchev–Trinajstić information content (AvgIpc) is 2.67. The maximum Gasteiger partial charge on any atom is 0.417 e. The van der Waals surface area contributed by atoms with E-state index in [0.29, 0.717) is 24.1 Å². The Labute approximate surface area is 103 Å². The van der Waals surface area contributed by atoms with Gasteiger partial charge in [-0.25, -0.2) is 4.79 Å². The molecule has 0 aliphatic rings. The molecule has 0 saturated heterocycles. The number of hydrogen-bond acceptors (Lipinski definition) is 4. The number of unbranched alkanes of at least 4 members (excludes halogenated alkanes) is 1. The first-order valence-electron chi connectivity index (χ1n) is 5.74. The lowest BCUT2D eigenvalue weighted by molar-refractivity contribution is -0.137. The van der Waals surface area contributed by atoms with Crippen LogP contribution >= 0.6 is 0 Å². The Kier molecular flexibility index (Phi) is 3.66. The first-order valence-corrected chi connectivity index (χ1v) is 5.74. The van der Waals surface area contributed by atoms with Gasteiger partial charge in [0.1, 0.15) is 0 Å². The van der Waals surface area contributed by atoms with Crippen LogP contribution in [0.5, 0.6) is 0 Å². The van der Waals surface area contributed by atoms with E-state index < -0.39 is 11.7 Å². The fraction of sp³-hybridized carbons (Fsp3) is 0.333. The Morgan fingerprint density at radius 1 is 1.39 bits per heavy atom. The van der Waals surface area contributed by atoms with Gasteiger partial charge in [-0.3, -0.25) is 9.78 Å². The highest BCUT2D eigenvalue weighted by molar-refractivity contribution is 5.76. The van der Waals surface area contributed by atoms with Gasteiger partial charge in [0.15, 0.2) is 5.58 Å². The number of carboxylic acid groups (broad SMARTS) is 1. The summed E-state index contributed by atoms with van der Waals surface area (Å²) in [5.74, 6) is -1.24.